The maximum absolute atomic E-state index is 11.9. The summed E-state index contributed by atoms with van der Waals surface area (Å²) in [6.45, 7) is 1.75. The zero-order valence-corrected chi connectivity index (χ0v) is 12.6. The van der Waals surface area contributed by atoms with E-state index in [1.807, 2.05) is 11.4 Å². The maximum atomic E-state index is 11.9. The molecule has 0 atom stereocenters. The molecule has 0 aliphatic carbocycles. The van der Waals surface area contributed by atoms with Crippen LogP contribution in [0.1, 0.15) is 15.4 Å². The molecule has 2 heterocycles. The average Bonchev–Trinajstić information content (AvgIpc) is 2.71. The number of carbonyl (C=O) groups is 1. The Morgan fingerprint density at radius 1 is 1.61 bits per heavy atom. The zero-order valence-electron chi connectivity index (χ0n) is 9.40. The fraction of sp³-hybridized carbons (Fsp3) is 0.182. The monoisotopic (exact) mass is 344 g/mol. The largest absolute Gasteiger partial charge is 0.301 e. The second-order valence-corrected chi connectivity index (χ2v) is 6.24. The molecule has 0 aliphatic rings. The Kier molecular flexibility index (Phi) is 4.36. The van der Waals surface area contributed by atoms with Crippen molar-refractivity contribution < 1.29 is 4.79 Å². The van der Waals surface area contributed by atoms with E-state index in [1.165, 1.54) is 29.2 Å². The van der Waals surface area contributed by atoms with Crippen molar-refractivity contribution in [3.05, 3.63) is 42.9 Å². The Morgan fingerprint density at radius 3 is 3.00 bits per heavy atom. The quantitative estimate of drug-likeness (QED) is 0.526. The molecule has 2 aromatic heterocycles. The third-order valence-electron chi connectivity index (χ3n) is 2.06. The van der Waals surface area contributed by atoms with E-state index >= 15 is 0 Å². The molecule has 0 saturated heterocycles. The van der Waals surface area contributed by atoms with E-state index in [1.54, 1.807) is 6.92 Å². The van der Waals surface area contributed by atoms with Crippen molar-refractivity contribution in [1.29, 1.82) is 0 Å². The van der Waals surface area contributed by atoms with Gasteiger partial charge in [-0.3, -0.25) is 9.59 Å². The molecule has 0 spiro atoms. The number of thiophene rings is 1. The van der Waals surface area contributed by atoms with Crippen molar-refractivity contribution in [2.45, 2.75) is 12.1 Å². The van der Waals surface area contributed by atoms with Gasteiger partial charge in [0.2, 0.25) is 0 Å². The lowest BCUT2D eigenvalue weighted by Gasteiger charge is -2.00. The highest BCUT2D eigenvalue weighted by Crippen LogP contribution is 2.25. The van der Waals surface area contributed by atoms with Crippen molar-refractivity contribution in [2.75, 3.05) is 5.75 Å². The van der Waals surface area contributed by atoms with Crippen LogP contribution in [0, 0.1) is 6.92 Å². The van der Waals surface area contributed by atoms with Gasteiger partial charge in [-0.15, -0.1) is 11.3 Å². The number of hydrogen-bond acceptors (Lipinski definition) is 5. The second kappa shape index (κ2) is 5.81. The van der Waals surface area contributed by atoms with Gasteiger partial charge in [0.25, 0.3) is 5.56 Å². The topological polar surface area (TPSA) is 62.8 Å². The molecule has 0 bridgehead atoms. The van der Waals surface area contributed by atoms with Gasteiger partial charge in [0.15, 0.2) is 10.9 Å². The highest BCUT2D eigenvalue weighted by molar-refractivity contribution is 9.10. The third kappa shape index (κ3) is 3.30. The number of rotatable bonds is 4. The second-order valence-electron chi connectivity index (χ2n) is 3.50. The molecule has 0 aliphatic heterocycles. The fourth-order valence-electron chi connectivity index (χ4n) is 1.31. The Bertz CT molecular complexity index is 636. The smallest absolute Gasteiger partial charge is 0.251 e. The number of carbonyl (C=O) groups excluding carboxylic acids is 1. The third-order valence-corrected chi connectivity index (χ3v) is 4.81. The van der Waals surface area contributed by atoms with E-state index in [0.29, 0.717) is 15.7 Å². The molecule has 0 aromatic carbocycles. The molecule has 2 rings (SSSR count). The van der Waals surface area contributed by atoms with Crippen LogP contribution < -0.4 is 5.56 Å². The van der Waals surface area contributed by atoms with Gasteiger partial charge in [0.1, 0.15) is 0 Å². The van der Waals surface area contributed by atoms with Crippen LogP contribution in [0.2, 0.25) is 0 Å². The highest BCUT2D eigenvalue weighted by atomic mass is 79.9. The van der Waals surface area contributed by atoms with E-state index in [0.717, 1.165) is 4.47 Å². The molecule has 7 heteroatoms. The lowest BCUT2D eigenvalue weighted by molar-refractivity contribution is 0.102. The van der Waals surface area contributed by atoms with Gasteiger partial charge in [-0.05, 0) is 34.3 Å². The molecule has 0 unspecified atom stereocenters. The molecule has 4 nitrogen and oxygen atoms in total. The summed E-state index contributed by atoms with van der Waals surface area (Å²) >= 11 is 5.95. The van der Waals surface area contributed by atoms with Crippen molar-refractivity contribution in [2.24, 2.45) is 0 Å². The number of nitrogens with zero attached hydrogens (tertiary/aromatic N) is 1. The molecule has 0 amide bonds. The molecule has 1 N–H and O–H groups in total. The van der Waals surface area contributed by atoms with E-state index in [9.17, 15) is 9.59 Å². The molecule has 2 aromatic rings. The number of ketones is 1. The van der Waals surface area contributed by atoms with Crippen LogP contribution in [0.25, 0.3) is 0 Å². The SMILES string of the molecule is Cc1cc(=O)[nH]c(SCC(=O)c2sccc2Br)n1. The number of aromatic amines is 1. The Hall–Kier alpha value is -0.920. The normalized spacial score (nSPS) is 10.6. The lowest BCUT2D eigenvalue weighted by atomic mass is 10.3. The molecule has 18 heavy (non-hydrogen) atoms. The minimum atomic E-state index is -0.199. The van der Waals surface area contributed by atoms with E-state index < -0.39 is 0 Å². The summed E-state index contributed by atoms with van der Waals surface area (Å²) in [6, 6.07) is 3.26. The minimum absolute atomic E-state index is 0.0195. The van der Waals surface area contributed by atoms with Crippen molar-refractivity contribution in [1.82, 2.24) is 9.97 Å². The van der Waals surface area contributed by atoms with E-state index in [4.69, 9.17) is 0 Å². The molecular formula is C11H9BrN2O2S2. The summed E-state index contributed by atoms with van der Waals surface area (Å²) < 4.78 is 0.809. The Labute approximate surface area is 120 Å². The van der Waals surface area contributed by atoms with Gasteiger partial charge in [-0.2, -0.15) is 0 Å². The first-order valence-electron chi connectivity index (χ1n) is 5.03. The van der Waals surface area contributed by atoms with Crippen LogP contribution in [0.15, 0.2) is 31.9 Å². The van der Waals surface area contributed by atoms with Crippen LogP contribution in [-0.2, 0) is 0 Å². The van der Waals surface area contributed by atoms with Gasteiger partial charge in [0, 0.05) is 16.2 Å². The van der Waals surface area contributed by atoms with E-state index in [2.05, 4.69) is 25.9 Å². The first-order chi connectivity index (χ1) is 8.56. The predicted octanol–water partition coefficient (Wildman–Crippen LogP) is 2.88. The minimum Gasteiger partial charge on any atom is -0.301 e. The number of aryl methyl sites for hydroxylation is 1. The first kappa shape index (κ1) is 13.5. The number of halogens is 1. The standard InChI is InChI=1S/C11H9BrN2O2S2/c1-6-4-9(16)14-11(13-6)18-5-8(15)10-7(12)2-3-17-10/h2-4H,5H2,1H3,(H,13,14,16). The molecule has 94 valence electrons. The van der Waals surface area contributed by atoms with Gasteiger partial charge < -0.3 is 4.98 Å². The van der Waals surface area contributed by atoms with Gasteiger partial charge in [0.05, 0.1) is 10.6 Å². The van der Waals surface area contributed by atoms with Crippen molar-refractivity contribution in [3.63, 3.8) is 0 Å². The molecule has 0 radical (unpaired) electrons. The average molecular weight is 345 g/mol. The Morgan fingerprint density at radius 2 is 2.39 bits per heavy atom. The Balaban J connectivity index is 2.06. The van der Waals surface area contributed by atoms with E-state index in [-0.39, 0.29) is 17.1 Å². The van der Waals surface area contributed by atoms with Gasteiger partial charge in [-0.25, -0.2) is 4.98 Å². The van der Waals surface area contributed by atoms with Crippen molar-refractivity contribution >= 4 is 44.8 Å². The molecule has 0 fully saturated rings. The first-order valence-corrected chi connectivity index (χ1v) is 7.69. The van der Waals surface area contributed by atoms with Crippen molar-refractivity contribution in [3.8, 4) is 0 Å². The number of hydrogen-bond donors (Lipinski definition) is 1. The summed E-state index contributed by atoms with van der Waals surface area (Å²) in [5.41, 5.74) is 0.445. The molecule has 0 saturated carbocycles. The molecular weight excluding hydrogens is 336 g/mol. The van der Waals surface area contributed by atoms with Crippen LogP contribution in [0.4, 0.5) is 0 Å². The maximum Gasteiger partial charge on any atom is 0.251 e. The summed E-state index contributed by atoms with van der Waals surface area (Å²) in [6.07, 6.45) is 0. The predicted molar refractivity (Wildman–Crippen MR) is 76.7 cm³/mol. The van der Waals surface area contributed by atoms with Crippen LogP contribution in [0.5, 0.6) is 0 Å². The number of thioether (sulfide) groups is 1. The summed E-state index contributed by atoms with van der Waals surface area (Å²) in [7, 11) is 0. The highest BCUT2D eigenvalue weighted by Gasteiger charge is 2.12. The van der Waals surface area contributed by atoms with Crippen LogP contribution in [-0.4, -0.2) is 21.5 Å². The summed E-state index contributed by atoms with van der Waals surface area (Å²) in [5.74, 6) is 0.275. The summed E-state index contributed by atoms with van der Waals surface area (Å²) in [4.78, 5) is 30.6. The number of Topliss-reactive ketones (excluding diaryl/α,β-unsaturated/α-hetero) is 1. The number of H-pyrrole nitrogens is 1. The number of nitrogens with one attached hydrogen (secondary N) is 1. The summed E-state index contributed by atoms with van der Waals surface area (Å²) in [5, 5.41) is 2.33. The lowest BCUT2D eigenvalue weighted by Crippen LogP contribution is -2.09. The van der Waals surface area contributed by atoms with Gasteiger partial charge >= 0.3 is 0 Å². The number of aromatic nitrogens is 2. The van der Waals surface area contributed by atoms with Gasteiger partial charge in [-0.1, -0.05) is 11.8 Å². The van der Waals surface area contributed by atoms with Crippen LogP contribution in [0.3, 0.4) is 0 Å². The van der Waals surface area contributed by atoms with Crippen LogP contribution >= 0.6 is 39.0 Å². The zero-order chi connectivity index (χ0) is 13.1. The fourth-order valence-corrected chi connectivity index (χ4v) is 3.73.